The molecule has 21 heavy (non-hydrogen) atoms. The molecule has 0 saturated heterocycles. The van der Waals surface area contributed by atoms with Gasteiger partial charge in [0.05, 0.1) is 5.60 Å². The van der Waals surface area contributed by atoms with Crippen LogP contribution in [0.5, 0.6) is 0 Å². The number of carbonyl (C=O) groups excluding carboxylic acids is 1. The molecule has 0 aliphatic carbocycles. The average molecular weight is 310 g/mol. The minimum Gasteiger partial charge on any atom is -0.451 e. The minimum atomic E-state index is -0.876. The fourth-order valence-corrected chi connectivity index (χ4v) is 2.41. The molecule has 0 radical (unpaired) electrons. The first-order valence-electron chi connectivity index (χ1n) is 7.09. The van der Waals surface area contributed by atoms with Gasteiger partial charge < -0.3 is 14.8 Å². The van der Waals surface area contributed by atoms with E-state index >= 15 is 0 Å². The second-order valence-electron chi connectivity index (χ2n) is 5.31. The van der Waals surface area contributed by atoms with Crippen LogP contribution in [0.2, 0.25) is 5.02 Å². The molecule has 0 spiro atoms. The van der Waals surface area contributed by atoms with E-state index in [4.69, 9.17) is 16.0 Å². The molecule has 0 aliphatic heterocycles. The van der Waals surface area contributed by atoms with Crippen LogP contribution in [0.25, 0.3) is 11.0 Å². The van der Waals surface area contributed by atoms with Crippen LogP contribution in [-0.4, -0.2) is 23.2 Å². The number of fused-ring (bicyclic) bond motifs is 1. The zero-order valence-electron chi connectivity index (χ0n) is 12.5. The Labute approximate surface area is 129 Å². The molecule has 1 amide bonds. The summed E-state index contributed by atoms with van der Waals surface area (Å²) in [5.41, 5.74) is 0.503. The summed E-state index contributed by atoms with van der Waals surface area (Å²) in [6, 6.07) is 5.25. The van der Waals surface area contributed by atoms with Crippen molar-refractivity contribution in [2.24, 2.45) is 0 Å². The van der Waals surface area contributed by atoms with Crippen LogP contribution in [0, 0.1) is 6.92 Å². The number of hydrogen-bond acceptors (Lipinski definition) is 3. The van der Waals surface area contributed by atoms with Crippen LogP contribution < -0.4 is 5.32 Å². The minimum absolute atomic E-state index is 0.204. The van der Waals surface area contributed by atoms with Gasteiger partial charge in [0.15, 0.2) is 5.76 Å². The van der Waals surface area contributed by atoms with Gasteiger partial charge in [0.2, 0.25) is 0 Å². The third-order valence-electron chi connectivity index (χ3n) is 4.00. The van der Waals surface area contributed by atoms with Crippen LogP contribution in [0.4, 0.5) is 0 Å². The van der Waals surface area contributed by atoms with Crippen LogP contribution in [0.1, 0.15) is 42.8 Å². The number of rotatable bonds is 5. The first-order valence-corrected chi connectivity index (χ1v) is 7.47. The summed E-state index contributed by atoms with van der Waals surface area (Å²) >= 11 is 5.96. The van der Waals surface area contributed by atoms with Crippen molar-refractivity contribution in [1.29, 1.82) is 0 Å². The largest absolute Gasteiger partial charge is 0.451 e. The zero-order chi connectivity index (χ0) is 15.6. The van der Waals surface area contributed by atoms with E-state index in [0.717, 1.165) is 10.9 Å². The lowest BCUT2D eigenvalue weighted by Crippen LogP contribution is -2.42. The van der Waals surface area contributed by atoms with Gasteiger partial charge in [-0.3, -0.25) is 4.79 Å². The molecule has 114 valence electrons. The Kier molecular flexibility index (Phi) is 4.59. The van der Waals surface area contributed by atoms with Crippen molar-refractivity contribution in [2.75, 3.05) is 6.54 Å². The van der Waals surface area contributed by atoms with Crippen molar-refractivity contribution in [3.05, 3.63) is 34.5 Å². The van der Waals surface area contributed by atoms with E-state index < -0.39 is 5.60 Å². The SMILES string of the molecule is CCC(O)(CC)CNC(=O)c1oc2ccc(Cl)cc2c1C. The van der Waals surface area contributed by atoms with Crippen molar-refractivity contribution in [2.45, 2.75) is 39.2 Å². The summed E-state index contributed by atoms with van der Waals surface area (Å²) in [5.74, 6) is -0.0537. The van der Waals surface area contributed by atoms with Gasteiger partial charge in [-0.2, -0.15) is 0 Å². The Balaban J connectivity index is 2.22. The fraction of sp³-hybridized carbons (Fsp3) is 0.438. The predicted octanol–water partition coefficient (Wildman–Crippen LogP) is 3.68. The van der Waals surface area contributed by atoms with Crippen molar-refractivity contribution in [3.63, 3.8) is 0 Å². The highest BCUT2D eigenvalue weighted by molar-refractivity contribution is 6.31. The molecule has 2 aromatic rings. The van der Waals surface area contributed by atoms with E-state index in [-0.39, 0.29) is 18.2 Å². The number of aryl methyl sites for hydroxylation is 1. The first kappa shape index (κ1) is 15.9. The molecule has 2 rings (SSSR count). The smallest absolute Gasteiger partial charge is 0.287 e. The van der Waals surface area contributed by atoms with Gasteiger partial charge in [0.1, 0.15) is 5.58 Å². The van der Waals surface area contributed by atoms with Crippen molar-refractivity contribution < 1.29 is 14.3 Å². The van der Waals surface area contributed by atoms with E-state index in [9.17, 15) is 9.90 Å². The molecule has 1 aromatic heterocycles. The quantitative estimate of drug-likeness (QED) is 0.885. The molecular formula is C16H20ClNO3. The molecular weight excluding hydrogens is 290 g/mol. The summed E-state index contributed by atoms with van der Waals surface area (Å²) in [6.07, 6.45) is 1.16. The summed E-state index contributed by atoms with van der Waals surface area (Å²) in [7, 11) is 0. The van der Waals surface area contributed by atoms with E-state index in [1.807, 2.05) is 20.8 Å². The topological polar surface area (TPSA) is 62.5 Å². The highest BCUT2D eigenvalue weighted by Gasteiger charge is 2.25. The van der Waals surface area contributed by atoms with Gasteiger partial charge in [0, 0.05) is 22.5 Å². The molecule has 0 aliphatic rings. The van der Waals surface area contributed by atoms with E-state index in [1.54, 1.807) is 18.2 Å². The van der Waals surface area contributed by atoms with Crippen molar-refractivity contribution in [3.8, 4) is 0 Å². The number of halogens is 1. The van der Waals surface area contributed by atoms with Crippen LogP contribution >= 0.6 is 11.6 Å². The van der Waals surface area contributed by atoms with E-state index in [1.165, 1.54) is 0 Å². The lowest BCUT2D eigenvalue weighted by Gasteiger charge is -2.25. The van der Waals surface area contributed by atoms with Gasteiger partial charge in [-0.25, -0.2) is 0 Å². The third kappa shape index (κ3) is 3.22. The molecule has 0 unspecified atom stereocenters. The molecule has 4 nitrogen and oxygen atoms in total. The van der Waals surface area contributed by atoms with E-state index in [0.29, 0.717) is 23.4 Å². The van der Waals surface area contributed by atoms with E-state index in [2.05, 4.69) is 5.32 Å². The number of hydrogen-bond donors (Lipinski definition) is 2. The van der Waals surface area contributed by atoms with Crippen molar-refractivity contribution >= 4 is 28.5 Å². The molecule has 2 N–H and O–H groups in total. The van der Waals surface area contributed by atoms with Crippen LogP contribution in [0.3, 0.4) is 0 Å². The normalized spacial score (nSPS) is 11.9. The van der Waals surface area contributed by atoms with Crippen LogP contribution in [0.15, 0.2) is 22.6 Å². The van der Waals surface area contributed by atoms with Gasteiger partial charge in [0.25, 0.3) is 5.91 Å². The first-order chi connectivity index (χ1) is 9.90. The Morgan fingerprint density at radius 3 is 2.67 bits per heavy atom. The highest BCUT2D eigenvalue weighted by Crippen LogP contribution is 2.28. The molecule has 0 bridgehead atoms. The molecule has 1 heterocycles. The number of furan rings is 1. The summed E-state index contributed by atoms with van der Waals surface area (Å²) in [4.78, 5) is 12.2. The number of carbonyl (C=O) groups is 1. The highest BCUT2D eigenvalue weighted by atomic mass is 35.5. The number of amides is 1. The van der Waals surface area contributed by atoms with Crippen molar-refractivity contribution in [1.82, 2.24) is 5.32 Å². The summed E-state index contributed by atoms with van der Waals surface area (Å²) in [5, 5.41) is 14.4. The number of benzene rings is 1. The summed E-state index contributed by atoms with van der Waals surface area (Å²) < 4.78 is 5.60. The summed E-state index contributed by atoms with van der Waals surface area (Å²) in [6.45, 7) is 5.81. The molecule has 0 fully saturated rings. The zero-order valence-corrected chi connectivity index (χ0v) is 13.3. The predicted molar refractivity (Wildman–Crippen MR) is 83.8 cm³/mol. The molecule has 0 saturated carbocycles. The van der Waals surface area contributed by atoms with Gasteiger partial charge in [-0.1, -0.05) is 25.4 Å². The van der Waals surface area contributed by atoms with Gasteiger partial charge in [-0.15, -0.1) is 0 Å². The standard InChI is InChI=1S/C16H20ClNO3/c1-4-16(20,5-2)9-18-15(19)14-10(3)12-8-11(17)6-7-13(12)21-14/h6-8,20H,4-5,9H2,1-3H3,(H,18,19). The number of aliphatic hydroxyl groups is 1. The maximum absolute atomic E-state index is 12.2. The maximum Gasteiger partial charge on any atom is 0.287 e. The molecule has 1 aromatic carbocycles. The number of nitrogens with one attached hydrogen (secondary N) is 1. The van der Waals surface area contributed by atoms with Gasteiger partial charge >= 0.3 is 0 Å². The Morgan fingerprint density at radius 1 is 1.38 bits per heavy atom. The lowest BCUT2D eigenvalue weighted by molar-refractivity contribution is 0.0310. The molecule has 0 atom stereocenters. The molecule has 5 heteroatoms. The Bertz CT molecular complexity index is 659. The van der Waals surface area contributed by atoms with Crippen LogP contribution in [-0.2, 0) is 0 Å². The van der Waals surface area contributed by atoms with Gasteiger partial charge in [-0.05, 0) is 38.0 Å². The third-order valence-corrected chi connectivity index (χ3v) is 4.23. The fourth-order valence-electron chi connectivity index (χ4n) is 2.23. The average Bonchev–Trinajstić information content (AvgIpc) is 2.81. The lowest BCUT2D eigenvalue weighted by atomic mass is 9.97. The maximum atomic E-state index is 12.2. The Hall–Kier alpha value is -1.52. The second-order valence-corrected chi connectivity index (χ2v) is 5.75. The monoisotopic (exact) mass is 309 g/mol. The Morgan fingerprint density at radius 2 is 2.05 bits per heavy atom. The second kappa shape index (κ2) is 6.08.